The van der Waals surface area contributed by atoms with Crippen LogP contribution in [-0.2, 0) is 0 Å². The number of aromatic carboxylic acids is 1. The normalized spacial score (nSPS) is 9.55. The molecule has 0 aliphatic carbocycles. The summed E-state index contributed by atoms with van der Waals surface area (Å²) in [5.41, 5.74) is -0.503. The molecule has 0 aromatic carbocycles. The standard InChI is InChI=1S/C6H4FNO3/c7-5-3-8(11)2-1-4(5)6(9)10/h1-3H,(H,9,10). The Morgan fingerprint density at radius 3 is 2.82 bits per heavy atom. The largest absolute Gasteiger partial charge is 0.619 e. The first-order chi connectivity index (χ1) is 5.11. The maximum atomic E-state index is 12.5. The summed E-state index contributed by atoms with van der Waals surface area (Å²) in [5, 5.41) is 18.7. The van der Waals surface area contributed by atoms with E-state index in [0.29, 0.717) is 6.20 Å². The maximum absolute atomic E-state index is 12.5. The minimum Gasteiger partial charge on any atom is -0.619 e. The molecule has 5 heteroatoms. The van der Waals surface area contributed by atoms with Crippen molar-refractivity contribution in [3.8, 4) is 0 Å². The zero-order valence-electron chi connectivity index (χ0n) is 5.32. The van der Waals surface area contributed by atoms with E-state index < -0.39 is 17.3 Å². The number of carbonyl (C=O) groups is 1. The van der Waals surface area contributed by atoms with Crippen LogP contribution in [0.2, 0.25) is 0 Å². The Bertz CT molecular complexity index is 300. The van der Waals surface area contributed by atoms with Crippen LogP contribution in [0.15, 0.2) is 18.5 Å². The van der Waals surface area contributed by atoms with Gasteiger partial charge in [0.1, 0.15) is 5.56 Å². The van der Waals surface area contributed by atoms with Gasteiger partial charge in [-0.3, -0.25) is 0 Å². The number of halogens is 1. The molecule has 1 aromatic rings. The maximum Gasteiger partial charge on any atom is 0.339 e. The van der Waals surface area contributed by atoms with Gasteiger partial charge in [0.05, 0.1) is 0 Å². The van der Waals surface area contributed by atoms with E-state index in [2.05, 4.69) is 0 Å². The van der Waals surface area contributed by atoms with Crippen LogP contribution in [0.4, 0.5) is 4.39 Å². The second-order valence-corrected chi connectivity index (χ2v) is 1.87. The van der Waals surface area contributed by atoms with Crippen molar-refractivity contribution in [1.29, 1.82) is 0 Å². The lowest BCUT2D eigenvalue weighted by molar-refractivity contribution is -0.607. The Morgan fingerprint density at radius 2 is 2.36 bits per heavy atom. The molecule has 1 aromatic heterocycles. The average Bonchev–Trinajstić information content (AvgIpc) is 1.85. The van der Waals surface area contributed by atoms with Gasteiger partial charge >= 0.3 is 5.97 Å². The molecule has 1 heterocycles. The highest BCUT2D eigenvalue weighted by atomic mass is 19.1. The Labute approximate surface area is 61.1 Å². The summed E-state index contributed by atoms with van der Waals surface area (Å²) in [6.07, 6.45) is 1.48. The van der Waals surface area contributed by atoms with Crippen LogP contribution in [0.3, 0.4) is 0 Å². The average molecular weight is 157 g/mol. The van der Waals surface area contributed by atoms with Gasteiger partial charge in [-0.05, 0) is 0 Å². The number of hydrogen-bond acceptors (Lipinski definition) is 2. The van der Waals surface area contributed by atoms with Crippen LogP contribution in [0.5, 0.6) is 0 Å². The van der Waals surface area contributed by atoms with Crippen LogP contribution in [-0.4, -0.2) is 11.1 Å². The van der Waals surface area contributed by atoms with E-state index in [-0.39, 0.29) is 4.73 Å². The molecule has 0 saturated heterocycles. The predicted molar refractivity (Wildman–Crippen MR) is 32.3 cm³/mol. The van der Waals surface area contributed by atoms with E-state index in [1.54, 1.807) is 0 Å². The molecule has 0 aliphatic rings. The summed E-state index contributed by atoms with van der Waals surface area (Å²) in [5.74, 6) is -2.42. The van der Waals surface area contributed by atoms with Crippen molar-refractivity contribution >= 4 is 5.97 Å². The summed E-state index contributed by atoms with van der Waals surface area (Å²) >= 11 is 0. The molecule has 1 rings (SSSR count). The number of nitrogens with zero attached hydrogens (tertiary/aromatic N) is 1. The Balaban J connectivity index is 3.20. The molecule has 0 bridgehead atoms. The minimum atomic E-state index is -1.39. The highest BCUT2D eigenvalue weighted by molar-refractivity contribution is 5.87. The van der Waals surface area contributed by atoms with Crippen molar-refractivity contribution in [2.75, 3.05) is 0 Å². The lowest BCUT2D eigenvalue weighted by Gasteiger charge is -1.96. The molecule has 11 heavy (non-hydrogen) atoms. The van der Waals surface area contributed by atoms with E-state index in [4.69, 9.17) is 5.11 Å². The molecular formula is C6H4FNO3. The van der Waals surface area contributed by atoms with Crippen LogP contribution in [0.1, 0.15) is 10.4 Å². The van der Waals surface area contributed by atoms with Crippen LogP contribution in [0, 0.1) is 11.0 Å². The van der Waals surface area contributed by atoms with Crippen molar-refractivity contribution in [3.05, 3.63) is 35.0 Å². The molecule has 4 nitrogen and oxygen atoms in total. The monoisotopic (exact) mass is 157 g/mol. The lowest BCUT2D eigenvalue weighted by Crippen LogP contribution is -2.26. The highest BCUT2D eigenvalue weighted by Gasteiger charge is 2.11. The molecule has 0 saturated carbocycles. The predicted octanol–water partition coefficient (Wildman–Crippen LogP) is 0.157. The Hall–Kier alpha value is -1.65. The van der Waals surface area contributed by atoms with Crippen molar-refractivity contribution in [3.63, 3.8) is 0 Å². The molecule has 0 amide bonds. The smallest absolute Gasteiger partial charge is 0.339 e. The van der Waals surface area contributed by atoms with Gasteiger partial charge in [-0.25, -0.2) is 4.79 Å². The number of hydrogen-bond donors (Lipinski definition) is 1. The molecule has 58 valence electrons. The zero-order chi connectivity index (χ0) is 8.43. The summed E-state index contributed by atoms with van der Waals surface area (Å²) in [6.45, 7) is 0. The molecular weight excluding hydrogens is 153 g/mol. The van der Waals surface area contributed by atoms with Crippen molar-refractivity contribution in [2.45, 2.75) is 0 Å². The third kappa shape index (κ3) is 1.43. The van der Waals surface area contributed by atoms with E-state index in [0.717, 1.165) is 12.3 Å². The third-order valence-corrected chi connectivity index (χ3v) is 1.12. The molecule has 0 atom stereocenters. The molecule has 1 N–H and O–H groups in total. The Kier molecular flexibility index (Phi) is 1.72. The van der Waals surface area contributed by atoms with Crippen molar-refractivity contribution in [2.24, 2.45) is 0 Å². The molecule has 0 unspecified atom stereocenters. The number of carboxylic acids is 1. The fourth-order valence-corrected chi connectivity index (χ4v) is 0.625. The van der Waals surface area contributed by atoms with E-state index >= 15 is 0 Å². The number of aromatic nitrogens is 1. The number of pyridine rings is 1. The van der Waals surface area contributed by atoms with Gasteiger partial charge in [-0.15, -0.1) is 0 Å². The SMILES string of the molecule is O=C(O)c1cc[n+]([O-])cc1F. The molecule has 0 radical (unpaired) electrons. The quantitative estimate of drug-likeness (QED) is 0.466. The van der Waals surface area contributed by atoms with Crippen LogP contribution in [0.25, 0.3) is 0 Å². The number of carboxylic acid groups (broad SMARTS) is 1. The van der Waals surface area contributed by atoms with E-state index in [1.807, 2.05) is 0 Å². The first-order valence-electron chi connectivity index (χ1n) is 2.73. The van der Waals surface area contributed by atoms with Crippen LogP contribution >= 0.6 is 0 Å². The van der Waals surface area contributed by atoms with Crippen molar-refractivity contribution in [1.82, 2.24) is 0 Å². The van der Waals surface area contributed by atoms with Gasteiger partial charge in [-0.1, -0.05) is 0 Å². The second-order valence-electron chi connectivity index (χ2n) is 1.87. The van der Waals surface area contributed by atoms with Gasteiger partial charge in [0.25, 0.3) is 0 Å². The zero-order valence-corrected chi connectivity index (χ0v) is 5.32. The van der Waals surface area contributed by atoms with Gasteiger partial charge < -0.3 is 10.3 Å². The van der Waals surface area contributed by atoms with Crippen molar-refractivity contribution < 1.29 is 19.0 Å². The number of rotatable bonds is 1. The molecule has 0 fully saturated rings. The van der Waals surface area contributed by atoms with Gasteiger partial charge in [0.15, 0.2) is 6.20 Å². The Morgan fingerprint density at radius 1 is 1.73 bits per heavy atom. The van der Waals surface area contributed by atoms with E-state index in [1.165, 1.54) is 0 Å². The van der Waals surface area contributed by atoms with Gasteiger partial charge in [0.2, 0.25) is 12.0 Å². The summed E-state index contributed by atoms with van der Waals surface area (Å²) in [4.78, 5) is 10.2. The van der Waals surface area contributed by atoms with Gasteiger partial charge in [0, 0.05) is 6.07 Å². The summed E-state index contributed by atoms with van der Waals surface area (Å²) in [7, 11) is 0. The first kappa shape index (κ1) is 7.46. The van der Waals surface area contributed by atoms with Gasteiger partial charge in [-0.2, -0.15) is 9.12 Å². The topological polar surface area (TPSA) is 64.2 Å². The molecule has 0 spiro atoms. The third-order valence-electron chi connectivity index (χ3n) is 1.12. The summed E-state index contributed by atoms with van der Waals surface area (Å²) in [6, 6.07) is 0.907. The fraction of sp³-hybridized carbons (Fsp3) is 0. The highest BCUT2D eigenvalue weighted by Crippen LogP contribution is 2.01. The summed E-state index contributed by atoms with van der Waals surface area (Å²) < 4.78 is 12.7. The van der Waals surface area contributed by atoms with E-state index in [9.17, 15) is 14.4 Å². The van der Waals surface area contributed by atoms with Crippen LogP contribution < -0.4 is 4.73 Å². The minimum absolute atomic E-state index is 0.196. The first-order valence-corrected chi connectivity index (χ1v) is 2.73. The fourth-order valence-electron chi connectivity index (χ4n) is 0.625. The second kappa shape index (κ2) is 2.53. The lowest BCUT2D eigenvalue weighted by atomic mass is 10.3. The molecule has 0 aliphatic heterocycles.